The van der Waals surface area contributed by atoms with Gasteiger partial charge in [-0.1, -0.05) is 6.07 Å². The number of nitrogens with zero attached hydrogens (tertiary/aromatic N) is 3. The number of methoxy groups -OCH3 is 2. The van der Waals surface area contributed by atoms with Gasteiger partial charge in [-0.3, -0.25) is 29.6 Å². The molecule has 0 saturated heterocycles. The highest BCUT2D eigenvalue weighted by Crippen LogP contribution is 2.35. The number of non-ortho nitro benzene ring substituents is 1. The SMILES string of the molecule is COc1ccc(NC2=C(c3ccc([N+](=O)[O-])cc3)C(=O)N(Cc3cccnc3)C2=O)cc1OC. The topological polar surface area (TPSA) is 124 Å². The predicted molar refractivity (Wildman–Crippen MR) is 123 cm³/mol. The Morgan fingerprint density at radius 1 is 1.00 bits per heavy atom. The van der Waals surface area contributed by atoms with Crippen LogP contribution >= 0.6 is 0 Å². The van der Waals surface area contributed by atoms with E-state index in [9.17, 15) is 19.7 Å². The zero-order valence-corrected chi connectivity index (χ0v) is 18.3. The Kier molecular flexibility index (Phi) is 6.22. The number of hydrogen-bond acceptors (Lipinski definition) is 8. The first-order valence-electron chi connectivity index (χ1n) is 10.2. The average Bonchev–Trinajstić information content (AvgIpc) is 3.08. The van der Waals surface area contributed by atoms with Crippen molar-refractivity contribution in [3.63, 3.8) is 0 Å². The van der Waals surface area contributed by atoms with Crippen LogP contribution in [0.15, 0.2) is 72.7 Å². The van der Waals surface area contributed by atoms with Gasteiger partial charge in [0.1, 0.15) is 5.70 Å². The lowest BCUT2D eigenvalue weighted by atomic mass is 10.0. The molecule has 1 N–H and O–H groups in total. The van der Waals surface area contributed by atoms with Crippen LogP contribution in [0, 0.1) is 10.1 Å². The molecule has 0 unspecified atom stereocenters. The minimum Gasteiger partial charge on any atom is -0.493 e. The molecule has 1 aromatic heterocycles. The molecule has 2 aromatic carbocycles. The van der Waals surface area contributed by atoms with Crippen LogP contribution < -0.4 is 14.8 Å². The summed E-state index contributed by atoms with van der Waals surface area (Å²) in [5, 5.41) is 14.1. The van der Waals surface area contributed by atoms with E-state index in [0.29, 0.717) is 28.3 Å². The third-order valence-corrected chi connectivity index (χ3v) is 5.25. The minimum absolute atomic E-state index is 0.0269. The molecule has 0 fully saturated rings. The minimum atomic E-state index is -0.531. The summed E-state index contributed by atoms with van der Waals surface area (Å²) in [6.07, 6.45) is 3.17. The smallest absolute Gasteiger partial charge is 0.278 e. The summed E-state index contributed by atoms with van der Waals surface area (Å²) in [7, 11) is 3.00. The third kappa shape index (κ3) is 4.29. The average molecular weight is 460 g/mol. The number of nitro groups is 1. The molecule has 34 heavy (non-hydrogen) atoms. The second-order valence-electron chi connectivity index (χ2n) is 7.31. The Balaban J connectivity index is 1.75. The van der Waals surface area contributed by atoms with Crippen LogP contribution in [0.25, 0.3) is 5.57 Å². The molecule has 172 valence electrons. The molecule has 10 nitrogen and oxygen atoms in total. The van der Waals surface area contributed by atoms with Gasteiger partial charge in [-0.15, -0.1) is 0 Å². The summed E-state index contributed by atoms with van der Waals surface area (Å²) in [5.74, 6) is -0.110. The molecule has 10 heteroatoms. The maximum atomic E-state index is 13.4. The lowest BCUT2D eigenvalue weighted by Crippen LogP contribution is -2.32. The molecule has 4 rings (SSSR count). The number of pyridine rings is 1. The van der Waals surface area contributed by atoms with Crippen molar-refractivity contribution in [3.05, 3.63) is 93.9 Å². The number of rotatable bonds is 8. The van der Waals surface area contributed by atoms with Crippen molar-refractivity contribution in [2.75, 3.05) is 19.5 Å². The van der Waals surface area contributed by atoms with Crippen molar-refractivity contribution in [1.82, 2.24) is 9.88 Å². The van der Waals surface area contributed by atoms with E-state index in [-0.39, 0.29) is 23.5 Å². The molecule has 2 amide bonds. The molecule has 0 bridgehead atoms. The predicted octanol–water partition coefficient (Wildman–Crippen LogP) is 3.40. The van der Waals surface area contributed by atoms with Gasteiger partial charge in [-0.05, 0) is 41.5 Å². The lowest BCUT2D eigenvalue weighted by molar-refractivity contribution is -0.384. The number of carbonyl (C=O) groups is 2. The fourth-order valence-electron chi connectivity index (χ4n) is 3.59. The number of benzene rings is 2. The second-order valence-corrected chi connectivity index (χ2v) is 7.31. The summed E-state index contributed by atoms with van der Waals surface area (Å²) in [6.45, 7) is 0.0269. The number of nitrogens with one attached hydrogen (secondary N) is 1. The van der Waals surface area contributed by atoms with Crippen molar-refractivity contribution < 1.29 is 24.0 Å². The first-order valence-corrected chi connectivity index (χ1v) is 10.2. The molecule has 2 heterocycles. The van der Waals surface area contributed by atoms with Gasteiger partial charge < -0.3 is 14.8 Å². The molecule has 1 aliphatic heterocycles. The first-order chi connectivity index (χ1) is 16.4. The van der Waals surface area contributed by atoms with Crippen molar-refractivity contribution in [2.24, 2.45) is 0 Å². The standard InChI is InChI=1S/C24H20N4O6/c1-33-19-10-7-17(12-20(19)34-2)26-22-21(16-5-8-18(9-6-16)28(31)32)23(29)27(24(22)30)14-15-4-3-11-25-13-15/h3-13,26H,14H2,1-2H3. The van der Waals surface area contributed by atoms with Crippen LogP contribution in [-0.4, -0.2) is 40.8 Å². The number of aromatic nitrogens is 1. The number of carbonyl (C=O) groups excluding carboxylic acids is 2. The molecular weight excluding hydrogens is 440 g/mol. The molecule has 0 radical (unpaired) electrons. The first kappa shape index (κ1) is 22.5. The molecule has 0 aliphatic carbocycles. The van der Waals surface area contributed by atoms with Gasteiger partial charge in [-0.25, -0.2) is 0 Å². The van der Waals surface area contributed by atoms with Crippen molar-refractivity contribution >= 4 is 28.8 Å². The normalized spacial score (nSPS) is 13.3. The van der Waals surface area contributed by atoms with Gasteiger partial charge in [0.05, 0.1) is 31.3 Å². The van der Waals surface area contributed by atoms with E-state index in [1.807, 2.05) is 0 Å². The van der Waals surface area contributed by atoms with E-state index in [1.54, 1.807) is 42.7 Å². The number of imide groups is 1. The third-order valence-electron chi connectivity index (χ3n) is 5.25. The van der Waals surface area contributed by atoms with E-state index < -0.39 is 16.7 Å². The largest absolute Gasteiger partial charge is 0.493 e. The Bertz CT molecular complexity index is 1290. The Morgan fingerprint density at radius 3 is 2.35 bits per heavy atom. The Labute approximate surface area is 194 Å². The quantitative estimate of drug-likeness (QED) is 0.308. The summed E-state index contributed by atoms with van der Waals surface area (Å²) < 4.78 is 10.6. The monoisotopic (exact) mass is 460 g/mol. The Hall–Kier alpha value is -4.73. The van der Waals surface area contributed by atoms with Gasteiger partial charge in [-0.2, -0.15) is 0 Å². The second kappa shape index (κ2) is 9.41. The number of ether oxygens (including phenoxy) is 2. The van der Waals surface area contributed by atoms with Crippen LogP contribution in [-0.2, 0) is 16.1 Å². The van der Waals surface area contributed by atoms with Crippen molar-refractivity contribution in [3.8, 4) is 11.5 Å². The van der Waals surface area contributed by atoms with Crippen LogP contribution in [0.2, 0.25) is 0 Å². The molecular formula is C24H20N4O6. The molecule has 0 saturated carbocycles. The maximum absolute atomic E-state index is 13.4. The van der Waals surface area contributed by atoms with Gasteiger partial charge in [0, 0.05) is 36.3 Å². The zero-order chi connectivity index (χ0) is 24.2. The highest BCUT2D eigenvalue weighted by atomic mass is 16.6. The maximum Gasteiger partial charge on any atom is 0.278 e. The molecule has 0 spiro atoms. The number of hydrogen-bond donors (Lipinski definition) is 1. The number of amides is 2. The van der Waals surface area contributed by atoms with Crippen LogP contribution in [0.1, 0.15) is 11.1 Å². The van der Waals surface area contributed by atoms with E-state index in [0.717, 1.165) is 4.90 Å². The molecule has 0 atom stereocenters. The van der Waals surface area contributed by atoms with Crippen molar-refractivity contribution in [1.29, 1.82) is 0 Å². The number of nitro benzene ring substituents is 1. The fraction of sp³-hybridized carbons (Fsp3) is 0.125. The zero-order valence-electron chi connectivity index (χ0n) is 18.3. The van der Waals surface area contributed by atoms with E-state index in [2.05, 4.69) is 10.3 Å². The van der Waals surface area contributed by atoms with Gasteiger partial charge in [0.15, 0.2) is 11.5 Å². The lowest BCUT2D eigenvalue weighted by Gasteiger charge is -2.15. The summed E-state index contributed by atoms with van der Waals surface area (Å²) in [6, 6.07) is 13.9. The van der Waals surface area contributed by atoms with Crippen LogP contribution in [0.4, 0.5) is 11.4 Å². The van der Waals surface area contributed by atoms with Crippen LogP contribution in [0.5, 0.6) is 11.5 Å². The molecule has 3 aromatic rings. The fourth-order valence-corrected chi connectivity index (χ4v) is 3.59. The van der Waals surface area contributed by atoms with E-state index >= 15 is 0 Å². The van der Waals surface area contributed by atoms with Gasteiger partial charge >= 0.3 is 0 Å². The molecule has 1 aliphatic rings. The summed E-state index contributed by atoms with van der Waals surface area (Å²) in [5.41, 5.74) is 1.59. The summed E-state index contributed by atoms with van der Waals surface area (Å²) >= 11 is 0. The van der Waals surface area contributed by atoms with Crippen molar-refractivity contribution in [2.45, 2.75) is 6.54 Å². The highest BCUT2D eigenvalue weighted by molar-refractivity contribution is 6.36. The van der Waals surface area contributed by atoms with Gasteiger partial charge in [0.25, 0.3) is 17.5 Å². The van der Waals surface area contributed by atoms with Gasteiger partial charge in [0.2, 0.25) is 0 Å². The van der Waals surface area contributed by atoms with E-state index in [4.69, 9.17) is 9.47 Å². The highest BCUT2D eigenvalue weighted by Gasteiger charge is 2.39. The Morgan fingerprint density at radius 2 is 1.74 bits per heavy atom. The van der Waals surface area contributed by atoms with Crippen LogP contribution in [0.3, 0.4) is 0 Å². The summed E-state index contributed by atoms with van der Waals surface area (Å²) in [4.78, 5) is 42.4. The number of anilines is 1. The van der Waals surface area contributed by atoms with E-state index in [1.165, 1.54) is 38.5 Å².